The molecular weight excluding hydrogens is 535 g/mol. The Morgan fingerprint density at radius 1 is 1.10 bits per heavy atom. The Kier molecular flexibility index (Phi) is 18.3. The molecule has 0 aliphatic heterocycles. The number of hydrogen-bond acceptors (Lipinski definition) is 8. The monoisotopic (exact) mass is 561 g/mol. The Labute approximate surface area is 204 Å². The number of thiol groups is 2. The fourth-order valence-electron chi connectivity index (χ4n) is 2.46. The zero-order chi connectivity index (χ0) is 21.6. The summed E-state index contributed by atoms with van der Waals surface area (Å²) in [6.45, 7) is 0.887. The smallest absolute Gasteiger partial charge is 0.434 e. The zero-order valence-corrected chi connectivity index (χ0v) is 20.3. The van der Waals surface area contributed by atoms with E-state index in [0.717, 1.165) is 19.3 Å². The molecule has 31 heavy (non-hydrogen) atoms. The number of nitro groups is 1. The average Bonchev–Trinajstić information content (AvgIpc) is 3.18. The standard InChI is InChI=1S/C16H26N6O5S2.O.Tc/c23-13(10-28)19-9-12(20-14(24)11-29)15(25)17-5-3-1-2-4-7-21-8-6-18-16(21)22(26)27;;/h6,8,12,28-29H,1-5,7,9-11H2,(H,17,25)(H,19,23)(H,20,24);;/q;-2;/i;;1+1. The second-order valence-corrected chi connectivity index (χ2v) is 6.76. The summed E-state index contributed by atoms with van der Waals surface area (Å²) in [5.41, 5.74) is 0. The molecule has 0 fully saturated rings. The Bertz CT molecular complexity index is 708. The van der Waals surface area contributed by atoms with Crippen LogP contribution in [0.4, 0.5) is 5.95 Å². The van der Waals surface area contributed by atoms with Crippen LogP contribution in [0.1, 0.15) is 25.7 Å². The van der Waals surface area contributed by atoms with Gasteiger partial charge in [-0.2, -0.15) is 25.3 Å². The van der Waals surface area contributed by atoms with Crippen molar-refractivity contribution in [3.05, 3.63) is 22.5 Å². The van der Waals surface area contributed by atoms with Gasteiger partial charge in [-0.3, -0.25) is 14.4 Å². The number of rotatable bonds is 14. The number of carbonyl (C=O) groups excluding carboxylic acids is 3. The Morgan fingerprint density at radius 2 is 1.74 bits per heavy atom. The SMILES string of the molecule is O=C(CS)NCC(NC(=O)CS)C(=O)NCCCCCCn1ccnc1[N+](=O)[O-].[99Tc].[O-2]. The topological polar surface area (TPSA) is 177 Å². The second kappa shape index (κ2) is 18.0. The maximum absolute atomic E-state index is 12.2. The molecule has 1 unspecified atom stereocenters. The zero-order valence-electron chi connectivity index (χ0n) is 16.7. The van der Waals surface area contributed by atoms with Gasteiger partial charge < -0.3 is 31.5 Å². The van der Waals surface area contributed by atoms with Crippen LogP contribution < -0.4 is 16.0 Å². The van der Waals surface area contributed by atoms with Crippen molar-refractivity contribution < 1.29 is 44.9 Å². The van der Waals surface area contributed by atoms with Crippen molar-refractivity contribution in [3.8, 4) is 0 Å². The molecule has 1 aromatic rings. The third kappa shape index (κ3) is 12.7. The molecule has 0 spiro atoms. The summed E-state index contributed by atoms with van der Waals surface area (Å²) in [5, 5.41) is 18.5. The number of carbonyl (C=O) groups is 3. The third-order valence-corrected chi connectivity index (χ3v) is 4.50. The normalized spacial score (nSPS) is 10.8. The number of amides is 3. The summed E-state index contributed by atoms with van der Waals surface area (Å²) < 4.78 is 1.50. The van der Waals surface area contributed by atoms with Crippen molar-refractivity contribution in [2.24, 2.45) is 0 Å². The van der Waals surface area contributed by atoms with Crippen molar-refractivity contribution >= 4 is 48.9 Å². The van der Waals surface area contributed by atoms with Gasteiger partial charge in [0.05, 0.1) is 18.1 Å². The fraction of sp³-hybridized carbons (Fsp3) is 0.625. The summed E-state index contributed by atoms with van der Waals surface area (Å²) in [7, 11) is 0. The van der Waals surface area contributed by atoms with Crippen molar-refractivity contribution in [1.82, 2.24) is 25.5 Å². The average molecular weight is 561 g/mol. The summed E-state index contributed by atoms with van der Waals surface area (Å²) in [5.74, 6) is -1.41. The van der Waals surface area contributed by atoms with Crippen LogP contribution in [0.3, 0.4) is 0 Å². The number of imidazole rings is 1. The first kappa shape index (κ1) is 31.5. The first-order valence-electron chi connectivity index (χ1n) is 9.10. The van der Waals surface area contributed by atoms with E-state index in [-0.39, 0.29) is 55.5 Å². The third-order valence-electron chi connectivity index (χ3n) is 3.92. The molecule has 0 aliphatic carbocycles. The van der Waals surface area contributed by atoms with E-state index in [0.29, 0.717) is 19.5 Å². The van der Waals surface area contributed by atoms with Crippen LogP contribution in [0, 0.1) is 10.1 Å². The van der Waals surface area contributed by atoms with Gasteiger partial charge in [-0.1, -0.05) is 17.8 Å². The second-order valence-electron chi connectivity index (χ2n) is 6.12. The minimum atomic E-state index is -0.889. The number of aryl methyl sites for hydroxylation is 1. The number of hydrogen-bond donors (Lipinski definition) is 5. The largest absolute Gasteiger partial charge is 2.00 e. The van der Waals surface area contributed by atoms with Crippen molar-refractivity contribution in [3.63, 3.8) is 0 Å². The van der Waals surface area contributed by atoms with Crippen molar-refractivity contribution in [2.75, 3.05) is 24.6 Å². The summed E-state index contributed by atoms with van der Waals surface area (Å²) in [4.78, 5) is 49.0. The quantitative estimate of drug-likeness (QED) is 0.0910. The Balaban J connectivity index is 0. The van der Waals surface area contributed by atoms with Crippen LogP contribution in [0.25, 0.3) is 0 Å². The van der Waals surface area contributed by atoms with Gasteiger partial charge in [0, 0.05) is 33.2 Å². The molecule has 0 aromatic carbocycles. The van der Waals surface area contributed by atoms with Gasteiger partial charge in [0.25, 0.3) is 0 Å². The van der Waals surface area contributed by atoms with Crippen molar-refractivity contribution in [1.29, 1.82) is 0 Å². The number of nitrogens with one attached hydrogen (secondary N) is 3. The maximum atomic E-state index is 12.2. The predicted molar refractivity (Wildman–Crippen MR) is 114 cm³/mol. The van der Waals surface area contributed by atoms with E-state index in [9.17, 15) is 24.5 Å². The van der Waals surface area contributed by atoms with E-state index in [1.54, 1.807) is 6.20 Å². The number of unbranched alkanes of at least 4 members (excludes halogenated alkanes) is 3. The van der Waals surface area contributed by atoms with Crippen LogP contribution in [0.15, 0.2) is 12.4 Å². The van der Waals surface area contributed by atoms with Gasteiger partial charge in [0.15, 0.2) is 0 Å². The van der Waals surface area contributed by atoms with Crippen LogP contribution >= 0.6 is 25.3 Å². The molecule has 12 nitrogen and oxygen atoms in total. The van der Waals surface area contributed by atoms with E-state index in [4.69, 9.17) is 0 Å². The molecule has 1 heterocycles. The van der Waals surface area contributed by atoms with E-state index in [2.05, 4.69) is 46.2 Å². The molecule has 1 aromatic heterocycles. The Morgan fingerprint density at radius 3 is 2.35 bits per heavy atom. The molecule has 1 atom stereocenters. The molecule has 0 saturated heterocycles. The van der Waals surface area contributed by atoms with Gasteiger partial charge >= 0.3 is 5.95 Å². The van der Waals surface area contributed by atoms with E-state index in [1.165, 1.54) is 10.8 Å². The van der Waals surface area contributed by atoms with E-state index < -0.39 is 22.8 Å². The molecular formula is C16H26N6O6S2Tc-2. The molecule has 1 rings (SSSR count). The summed E-state index contributed by atoms with van der Waals surface area (Å²) >= 11 is 7.70. The van der Waals surface area contributed by atoms with Crippen molar-refractivity contribution in [2.45, 2.75) is 38.3 Å². The minimum absolute atomic E-state index is 0. The van der Waals surface area contributed by atoms with Gasteiger partial charge in [0.2, 0.25) is 17.7 Å². The molecule has 15 heteroatoms. The number of aromatic nitrogens is 2. The molecule has 0 saturated carbocycles. The molecule has 177 valence electrons. The van der Waals surface area contributed by atoms with Gasteiger partial charge in [-0.05, 0) is 17.8 Å². The summed E-state index contributed by atoms with van der Waals surface area (Å²) in [6, 6.07) is -0.889. The number of nitrogens with zero attached hydrogens (tertiary/aromatic N) is 3. The predicted octanol–water partition coefficient (Wildman–Crippen LogP) is -0.193. The van der Waals surface area contributed by atoms with Crippen LogP contribution in [-0.2, 0) is 46.5 Å². The fourth-order valence-corrected chi connectivity index (χ4v) is 2.67. The first-order valence-corrected chi connectivity index (χ1v) is 10.4. The van der Waals surface area contributed by atoms with Gasteiger partial charge in [-0.25, -0.2) is 4.57 Å². The van der Waals surface area contributed by atoms with Gasteiger partial charge in [-0.15, -0.1) is 0 Å². The minimum Gasteiger partial charge on any atom is -2.00 e. The molecule has 0 bridgehead atoms. The van der Waals surface area contributed by atoms with Gasteiger partial charge in [0.1, 0.15) is 18.4 Å². The maximum Gasteiger partial charge on any atom is 0.434 e. The first-order chi connectivity index (χ1) is 13.9. The Hall–Kier alpha value is -1.67. The van der Waals surface area contributed by atoms with E-state index >= 15 is 0 Å². The van der Waals surface area contributed by atoms with Crippen LogP contribution in [-0.4, -0.2) is 62.8 Å². The molecule has 0 aliphatic rings. The van der Waals surface area contributed by atoms with E-state index in [1.807, 2.05) is 0 Å². The molecule has 1 radical (unpaired) electrons. The van der Waals surface area contributed by atoms with Crippen LogP contribution in [0.2, 0.25) is 0 Å². The summed E-state index contributed by atoms with van der Waals surface area (Å²) in [6.07, 6.45) is 6.10. The molecule has 3 amide bonds. The van der Waals surface area contributed by atoms with Crippen LogP contribution in [0.5, 0.6) is 0 Å². The molecule has 3 N–H and O–H groups in total.